The van der Waals surface area contributed by atoms with Gasteiger partial charge in [0.05, 0.1) is 12.3 Å². The average molecular weight is 419 g/mol. The Balaban J connectivity index is 1.55. The molecule has 5 heteroatoms. The first kappa shape index (κ1) is 20.9. The summed E-state index contributed by atoms with van der Waals surface area (Å²) < 4.78 is 32.5. The molecule has 2 aromatic carbocycles. The third-order valence-corrected chi connectivity index (χ3v) is 5.24. The van der Waals surface area contributed by atoms with Crippen LogP contribution in [0, 0.1) is 11.6 Å². The van der Waals surface area contributed by atoms with E-state index in [0.29, 0.717) is 17.7 Å². The summed E-state index contributed by atoms with van der Waals surface area (Å²) in [5.41, 5.74) is 5.26. The van der Waals surface area contributed by atoms with E-state index in [2.05, 4.69) is 12.2 Å². The highest BCUT2D eigenvalue weighted by Crippen LogP contribution is 2.25. The second-order valence-electron chi connectivity index (χ2n) is 7.42. The van der Waals surface area contributed by atoms with E-state index in [1.165, 1.54) is 24.3 Å². The minimum atomic E-state index is -0.358. The summed E-state index contributed by atoms with van der Waals surface area (Å²) in [6.45, 7) is 0.0498. The van der Waals surface area contributed by atoms with Gasteiger partial charge in [0.1, 0.15) is 24.0 Å². The quantitative estimate of drug-likeness (QED) is 0.589. The molecule has 0 saturated heterocycles. The molecule has 0 radical (unpaired) electrons. The summed E-state index contributed by atoms with van der Waals surface area (Å²) in [5, 5.41) is 9.63. The Morgan fingerprint density at radius 2 is 1.87 bits per heavy atom. The molecule has 0 atom stereocenters. The molecule has 0 fully saturated rings. The first-order valence-corrected chi connectivity index (χ1v) is 10.2. The Labute approximate surface area is 180 Å². The van der Waals surface area contributed by atoms with Gasteiger partial charge in [0.2, 0.25) is 0 Å². The summed E-state index contributed by atoms with van der Waals surface area (Å²) in [4.78, 5) is 4.77. The van der Waals surface area contributed by atoms with Gasteiger partial charge in [-0.2, -0.15) is 0 Å². The highest BCUT2D eigenvalue weighted by atomic mass is 19.1. The van der Waals surface area contributed by atoms with Crippen LogP contribution in [0.5, 0.6) is 5.75 Å². The molecule has 158 valence electrons. The van der Waals surface area contributed by atoms with Crippen molar-refractivity contribution < 1.29 is 18.6 Å². The van der Waals surface area contributed by atoms with Crippen LogP contribution >= 0.6 is 0 Å². The highest BCUT2D eigenvalue weighted by molar-refractivity contribution is 5.76. The largest absolute Gasteiger partial charge is 0.487 e. The predicted molar refractivity (Wildman–Crippen MR) is 116 cm³/mol. The van der Waals surface area contributed by atoms with E-state index in [-0.39, 0.29) is 24.8 Å². The number of benzene rings is 2. The minimum Gasteiger partial charge on any atom is -0.487 e. The molecule has 1 aliphatic carbocycles. The van der Waals surface area contributed by atoms with Crippen LogP contribution in [0.3, 0.4) is 0 Å². The van der Waals surface area contributed by atoms with E-state index in [1.54, 1.807) is 18.2 Å². The number of ether oxygens (including phenoxy) is 1. The smallest absolute Gasteiger partial charge is 0.130 e. The van der Waals surface area contributed by atoms with Crippen LogP contribution in [0.25, 0.3) is 5.57 Å². The van der Waals surface area contributed by atoms with E-state index in [0.717, 1.165) is 40.9 Å². The zero-order valence-corrected chi connectivity index (χ0v) is 17.0. The zero-order valence-electron chi connectivity index (χ0n) is 17.0. The fourth-order valence-electron chi connectivity index (χ4n) is 3.66. The Hall–Kier alpha value is -3.31. The molecule has 3 nitrogen and oxygen atoms in total. The molecule has 3 aromatic rings. The van der Waals surface area contributed by atoms with Gasteiger partial charge >= 0.3 is 0 Å². The lowest BCUT2D eigenvalue weighted by molar-refractivity contribution is 0.281. The van der Waals surface area contributed by atoms with E-state index < -0.39 is 0 Å². The first-order valence-electron chi connectivity index (χ1n) is 10.2. The number of halogens is 2. The number of hydrogen-bond acceptors (Lipinski definition) is 3. The maximum atomic E-state index is 13.6. The van der Waals surface area contributed by atoms with Gasteiger partial charge in [-0.15, -0.1) is 0 Å². The van der Waals surface area contributed by atoms with Crippen LogP contribution < -0.4 is 4.74 Å². The molecule has 0 aliphatic heterocycles. The summed E-state index contributed by atoms with van der Waals surface area (Å²) in [7, 11) is 0. The molecule has 0 amide bonds. The summed E-state index contributed by atoms with van der Waals surface area (Å²) in [5.74, 6) is -0.220. The number of aromatic nitrogens is 1. The lowest BCUT2D eigenvalue weighted by Crippen LogP contribution is -2.04. The number of aryl methyl sites for hydroxylation is 1. The molecule has 1 N–H and O–H groups in total. The van der Waals surface area contributed by atoms with Gasteiger partial charge in [0.15, 0.2) is 0 Å². The predicted octanol–water partition coefficient (Wildman–Crippen LogP) is 5.56. The van der Waals surface area contributed by atoms with Gasteiger partial charge < -0.3 is 9.84 Å². The van der Waals surface area contributed by atoms with Gasteiger partial charge in [-0.05, 0) is 71.9 Å². The van der Waals surface area contributed by atoms with Crippen LogP contribution in [0.1, 0.15) is 34.5 Å². The van der Waals surface area contributed by atoms with Gasteiger partial charge in [-0.25, -0.2) is 8.78 Å². The number of aliphatic hydroxyl groups excluding tert-OH is 1. The van der Waals surface area contributed by atoms with Crippen molar-refractivity contribution in [3.05, 3.63) is 113 Å². The van der Waals surface area contributed by atoms with Crippen molar-refractivity contribution in [1.82, 2.24) is 4.98 Å². The lowest BCUT2D eigenvalue weighted by Gasteiger charge is -2.11. The molecule has 1 heterocycles. The first-order chi connectivity index (χ1) is 15.1. The van der Waals surface area contributed by atoms with E-state index in [1.807, 2.05) is 18.2 Å². The zero-order chi connectivity index (χ0) is 21.6. The number of nitrogens with zero attached hydrogens (tertiary/aromatic N) is 1. The Bertz CT molecular complexity index is 1140. The third kappa shape index (κ3) is 5.25. The van der Waals surface area contributed by atoms with Crippen LogP contribution in [0.15, 0.2) is 72.8 Å². The number of pyridine rings is 1. The summed E-state index contributed by atoms with van der Waals surface area (Å²) in [6.07, 6.45) is 8.44. The van der Waals surface area contributed by atoms with Crippen molar-refractivity contribution in [2.75, 3.05) is 0 Å². The number of rotatable bonds is 5. The molecule has 0 spiro atoms. The molecule has 4 rings (SSSR count). The molecule has 1 aliphatic rings. The van der Waals surface area contributed by atoms with E-state index in [4.69, 9.17) is 9.72 Å². The van der Waals surface area contributed by atoms with Crippen LogP contribution in [0.2, 0.25) is 0 Å². The van der Waals surface area contributed by atoms with E-state index >= 15 is 0 Å². The fraction of sp³-hybridized carbons (Fsp3) is 0.192. The Morgan fingerprint density at radius 3 is 2.71 bits per heavy atom. The topological polar surface area (TPSA) is 42.4 Å². The number of aliphatic hydroxyl groups is 1. The maximum Gasteiger partial charge on any atom is 0.130 e. The number of allylic oxidation sites excluding steroid dienone is 4. The van der Waals surface area contributed by atoms with Gasteiger partial charge in [0.25, 0.3) is 0 Å². The SMILES string of the molecule is OCc1cc(F)ccc1C1=C/Cc2ccc(COc3cccc(F)c3)nc2CC\C=C\1. The summed E-state index contributed by atoms with van der Waals surface area (Å²) >= 11 is 0. The van der Waals surface area contributed by atoms with Gasteiger partial charge in [-0.1, -0.05) is 36.4 Å². The van der Waals surface area contributed by atoms with Gasteiger partial charge in [0, 0.05) is 11.8 Å². The minimum absolute atomic E-state index is 0.217. The lowest BCUT2D eigenvalue weighted by atomic mass is 9.97. The molecular weight excluding hydrogens is 396 g/mol. The third-order valence-electron chi connectivity index (χ3n) is 5.24. The number of fused-ring (bicyclic) bond motifs is 1. The van der Waals surface area contributed by atoms with Crippen molar-refractivity contribution in [3.63, 3.8) is 0 Å². The maximum absolute atomic E-state index is 13.6. The Kier molecular flexibility index (Phi) is 6.53. The van der Waals surface area contributed by atoms with Crippen LogP contribution in [-0.2, 0) is 26.1 Å². The Morgan fingerprint density at radius 1 is 1.00 bits per heavy atom. The monoisotopic (exact) mass is 419 g/mol. The molecule has 0 bridgehead atoms. The fourth-order valence-corrected chi connectivity index (χ4v) is 3.66. The van der Waals surface area contributed by atoms with Crippen LogP contribution in [0.4, 0.5) is 8.78 Å². The van der Waals surface area contributed by atoms with Crippen molar-refractivity contribution in [2.24, 2.45) is 0 Å². The van der Waals surface area contributed by atoms with E-state index in [9.17, 15) is 13.9 Å². The number of hydrogen-bond donors (Lipinski definition) is 1. The molecule has 1 aromatic heterocycles. The second kappa shape index (κ2) is 9.67. The van der Waals surface area contributed by atoms with Crippen molar-refractivity contribution >= 4 is 5.57 Å². The summed E-state index contributed by atoms with van der Waals surface area (Å²) in [6, 6.07) is 14.5. The van der Waals surface area contributed by atoms with Gasteiger partial charge in [-0.3, -0.25) is 4.98 Å². The van der Waals surface area contributed by atoms with Crippen molar-refractivity contribution in [3.8, 4) is 5.75 Å². The molecule has 0 unspecified atom stereocenters. The molecule has 31 heavy (non-hydrogen) atoms. The van der Waals surface area contributed by atoms with Crippen molar-refractivity contribution in [2.45, 2.75) is 32.5 Å². The second-order valence-corrected chi connectivity index (χ2v) is 7.42. The molecular formula is C26H23F2NO2. The highest BCUT2D eigenvalue weighted by Gasteiger charge is 2.11. The average Bonchev–Trinajstić information content (AvgIpc) is 2.88. The van der Waals surface area contributed by atoms with Crippen LogP contribution in [-0.4, -0.2) is 10.1 Å². The standard InChI is InChI=1S/C26H23F2NO2/c27-21-5-3-6-24(15-21)31-17-23-12-10-19-9-8-18(4-1-2-7-26(19)29-23)25-13-11-22(28)14-20(25)16-30/h1,3-6,8,10-15,30H,2,7,9,16-17H2/b4-1+,18-8+. The normalized spacial score (nSPS) is 16.3. The molecule has 0 saturated carbocycles. The van der Waals surface area contributed by atoms with Crippen molar-refractivity contribution in [1.29, 1.82) is 0 Å².